The number of amides is 1. The predicted molar refractivity (Wildman–Crippen MR) is 84.3 cm³/mol. The first-order valence-electron chi connectivity index (χ1n) is 6.00. The van der Waals surface area contributed by atoms with Gasteiger partial charge in [0.2, 0.25) is 0 Å². The Morgan fingerprint density at radius 1 is 1.00 bits per heavy atom. The Hall–Kier alpha value is -2.40. The molecule has 0 aromatic heterocycles. The number of hydrogen-bond acceptors (Lipinski definition) is 3. The van der Waals surface area contributed by atoms with Crippen molar-refractivity contribution in [3.63, 3.8) is 0 Å². The van der Waals surface area contributed by atoms with E-state index in [9.17, 15) is 4.79 Å². The molecule has 0 saturated heterocycles. The lowest BCUT2D eigenvalue weighted by atomic mass is 10.3. The lowest BCUT2D eigenvalue weighted by Crippen LogP contribution is -2.27. The summed E-state index contributed by atoms with van der Waals surface area (Å²) in [5, 5.41) is 5.59. The van der Waals surface area contributed by atoms with Crippen molar-refractivity contribution in [1.29, 1.82) is 0 Å². The fourth-order valence-corrected chi connectivity index (χ4v) is 1.77. The molecule has 0 bridgehead atoms. The monoisotopic (exact) mass is 286 g/mol. The molecule has 2 rings (SSSR count). The molecule has 5 heteroatoms. The van der Waals surface area contributed by atoms with Gasteiger partial charge in [-0.3, -0.25) is 4.79 Å². The zero-order chi connectivity index (χ0) is 14.4. The van der Waals surface area contributed by atoms with Crippen LogP contribution < -0.4 is 15.4 Å². The third-order valence-corrected chi connectivity index (χ3v) is 2.85. The van der Waals surface area contributed by atoms with E-state index in [0.717, 1.165) is 5.69 Å². The molecule has 20 heavy (non-hydrogen) atoms. The van der Waals surface area contributed by atoms with Crippen LogP contribution in [0.5, 0.6) is 5.75 Å². The van der Waals surface area contributed by atoms with Gasteiger partial charge in [0.1, 0.15) is 5.75 Å². The van der Waals surface area contributed by atoms with Gasteiger partial charge in [-0.1, -0.05) is 36.5 Å². The van der Waals surface area contributed by atoms with Gasteiger partial charge in [0, 0.05) is 17.4 Å². The summed E-state index contributed by atoms with van der Waals surface area (Å²) in [4.78, 5) is 12.1. The Labute approximate surface area is 122 Å². The maximum absolute atomic E-state index is 12.0. The van der Waals surface area contributed by atoms with Crippen molar-refractivity contribution < 1.29 is 9.53 Å². The molecule has 102 valence electrons. The Morgan fingerprint density at radius 2 is 1.70 bits per heavy atom. The van der Waals surface area contributed by atoms with Crippen molar-refractivity contribution in [2.75, 3.05) is 17.7 Å². The quantitative estimate of drug-likeness (QED) is 0.851. The molecule has 1 amide bonds. The summed E-state index contributed by atoms with van der Waals surface area (Å²) in [5.41, 5.74) is 1.41. The first-order chi connectivity index (χ1) is 9.69. The van der Waals surface area contributed by atoms with Crippen LogP contribution in [0.1, 0.15) is 0 Å². The highest BCUT2D eigenvalue weighted by Crippen LogP contribution is 2.16. The van der Waals surface area contributed by atoms with E-state index in [1.165, 1.54) is 0 Å². The van der Waals surface area contributed by atoms with E-state index >= 15 is 0 Å². The molecule has 2 aromatic carbocycles. The predicted octanol–water partition coefficient (Wildman–Crippen LogP) is 3.07. The molecule has 2 aromatic rings. The number of rotatable bonds is 3. The Balaban J connectivity index is 1.99. The molecule has 0 aliphatic carbocycles. The maximum atomic E-state index is 12.0. The van der Waals surface area contributed by atoms with Gasteiger partial charge in [-0.05, 0) is 24.3 Å². The molecule has 0 atom stereocenters. The van der Waals surface area contributed by atoms with Gasteiger partial charge in [-0.2, -0.15) is 0 Å². The Bertz CT molecular complexity index is 614. The second-order valence-corrected chi connectivity index (χ2v) is 4.41. The van der Waals surface area contributed by atoms with Crippen LogP contribution in [0, 0.1) is 0 Å². The van der Waals surface area contributed by atoms with Gasteiger partial charge >= 0.3 is 0 Å². The van der Waals surface area contributed by atoms with E-state index in [1.54, 1.807) is 31.4 Å². The first kappa shape index (κ1) is 14.0. The Morgan fingerprint density at radius 3 is 2.40 bits per heavy atom. The topological polar surface area (TPSA) is 50.4 Å². The molecule has 4 nitrogen and oxygen atoms in total. The van der Waals surface area contributed by atoms with Gasteiger partial charge in [-0.15, -0.1) is 0 Å². The summed E-state index contributed by atoms with van der Waals surface area (Å²) < 4.78 is 5.09. The van der Waals surface area contributed by atoms with E-state index < -0.39 is 0 Å². The van der Waals surface area contributed by atoms with Gasteiger partial charge in [0.25, 0.3) is 5.91 Å². The smallest absolute Gasteiger partial charge is 0.283 e. The number of benzene rings is 2. The van der Waals surface area contributed by atoms with Gasteiger partial charge in [0.05, 0.1) is 7.11 Å². The van der Waals surface area contributed by atoms with Crippen LogP contribution in [0.4, 0.5) is 11.4 Å². The van der Waals surface area contributed by atoms with E-state index in [-0.39, 0.29) is 10.9 Å². The largest absolute Gasteiger partial charge is 0.497 e. The summed E-state index contributed by atoms with van der Waals surface area (Å²) in [7, 11) is 1.57. The minimum atomic E-state index is -0.364. The molecule has 0 heterocycles. The molecule has 0 unspecified atom stereocenters. The summed E-state index contributed by atoms with van der Waals surface area (Å²) in [6.07, 6.45) is 0. The lowest BCUT2D eigenvalue weighted by Gasteiger charge is -2.09. The number of anilines is 2. The molecule has 0 fully saturated rings. The third kappa shape index (κ3) is 3.80. The van der Waals surface area contributed by atoms with Crippen LogP contribution in [0.15, 0.2) is 54.6 Å². The number of carbonyl (C=O) groups is 1. The molecule has 0 spiro atoms. The molecular weight excluding hydrogens is 272 g/mol. The fraction of sp³-hybridized carbons (Fsp3) is 0.0667. The average molecular weight is 286 g/mol. The van der Waals surface area contributed by atoms with Gasteiger partial charge < -0.3 is 15.4 Å². The standard InChI is InChI=1S/C15H14N2O2S/c1-19-13-9-5-8-12(10-13)16-14(18)15(20)17-11-6-3-2-4-7-11/h2-10H,1H3,(H,16,18)(H,17,20). The second kappa shape index (κ2) is 6.68. The van der Waals surface area contributed by atoms with Crippen molar-refractivity contribution >= 4 is 34.5 Å². The van der Waals surface area contributed by atoms with Gasteiger partial charge in [-0.25, -0.2) is 0 Å². The van der Waals surface area contributed by atoms with E-state index in [2.05, 4.69) is 10.6 Å². The van der Waals surface area contributed by atoms with Crippen LogP contribution in [-0.4, -0.2) is 18.0 Å². The highest BCUT2D eigenvalue weighted by molar-refractivity contribution is 7.82. The normalized spacial score (nSPS) is 9.65. The number of hydrogen-bond donors (Lipinski definition) is 2. The summed E-state index contributed by atoms with van der Waals surface area (Å²) in [6.45, 7) is 0. The molecule has 0 aliphatic rings. The summed E-state index contributed by atoms with van der Waals surface area (Å²) in [6, 6.07) is 16.4. The van der Waals surface area contributed by atoms with Crippen LogP contribution in [-0.2, 0) is 4.79 Å². The number of thiocarbonyl (C=S) groups is 1. The van der Waals surface area contributed by atoms with Crippen molar-refractivity contribution in [2.24, 2.45) is 0 Å². The van der Waals surface area contributed by atoms with Gasteiger partial charge in [0.15, 0.2) is 4.99 Å². The number of carbonyl (C=O) groups excluding carboxylic acids is 1. The summed E-state index contributed by atoms with van der Waals surface area (Å²) >= 11 is 5.06. The molecule has 0 saturated carbocycles. The third-order valence-electron chi connectivity index (χ3n) is 2.57. The highest BCUT2D eigenvalue weighted by atomic mass is 32.1. The van der Waals surface area contributed by atoms with E-state index in [4.69, 9.17) is 17.0 Å². The highest BCUT2D eigenvalue weighted by Gasteiger charge is 2.09. The van der Waals surface area contributed by atoms with Crippen molar-refractivity contribution in [1.82, 2.24) is 0 Å². The average Bonchev–Trinajstić information content (AvgIpc) is 2.48. The zero-order valence-corrected chi connectivity index (χ0v) is 11.7. The van der Waals surface area contributed by atoms with Crippen molar-refractivity contribution in [2.45, 2.75) is 0 Å². The number of para-hydroxylation sites is 1. The van der Waals surface area contributed by atoms with Crippen molar-refractivity contribution in [3.8, 4) is 5.75 Å². The molecule has 0 aliphatic heterocycles. The van der Waals surface area contributed by atoms with E-state index in [0.29, 0.717) is 11.4 Å². The number of methoxy groups -OCH3 is 1. The molecular formula is C15H14N2O2S. The van der Waals surface area contributed by atoms with Crippen LogP contribution in [0.3, 0.4) is 0 Å². The number of ether oxygens (including phenoxy) is 1. The van der Waals surface area contributed by atoms with Crippen LogP contribution in [0.2, 0.25) is 0 Å². The minimum absolute atomic E-state index is 0.110. The van der Waals surface area contributed by atoms with Crippen LogP contribution >= 0.6 is 12.2 Å². The Kier molecular flexibility index (Phi) is 4.68. The lowest BCUT2D eigenvalue weighted by molar-refractivity contribution is -0.110. The first-order valence-corrected chi connectivity index (χ1v) is 6.41. The summed E-state index contributed by atoms with van der Waals surface area (Å²) in [5.74, 6) is 0.307. The maximum Gasteiger partial charge on any atom is 0.283 e. The van der Waals surface area contributed by atoms with Crippen molar-refractivity contribution in [3.05, 3.63) is 54.6 Å². The minimum Gasteiger partial charge on any atom is -0.497 e. The molecule has 0 radical (unpaired) electrons. The SMILES string of the molecule is COc1cccc(NC(=O)C(=S)Nc2ccccc2)c1. The zero-order valence-electron chi connectivity index (χ0n) is 10.9. The fourth-order valence-electron chi connectivity index (χ4n) is 1.60. The second-order valence-electron chi connectivity index (χ2n) is 4.01. The number of nitrogens with one attached hydrogen (secondary N) is 2. The van der Waals surface area contributed by atoms with Crippen LogP contribution in [0.25, 0.3) is 0 Å². The van der Waals surface area contributed by atoms with E-state index in [1.807, 2.05) is 30.3 Å². The molecule has 2 N–H and O–H groups in total.